The third-order valence-corrected chi connectivity index (χ3v) is 2.87. The van der Waals surface area contributed by atoms with Crippen LogP contribution in [0.5, 0.6) is 0 Å². The van der Waals surface area contributed by atoms with E-state index in [1.807, 2.05) is 24.3 Å². The number of hydrogen-bond donors (Lipinski definition) is 0. The summed E-state index contributed by atoms with van der Waals surface area (Å²) >= 11 is 5.88. The van der Waals surface area contributed by atoms with Gasteiger partial charge in [-0.1, -0.05) is 23.7 Å². The van der Waals surface area contributed by atoms with Crippen LogP contribution in [0.25, 0.3) is 0 Å². The van der Waals surface area contributed by atoms with Gasteiger partial charge in [0.1, 0.15) is 5.78 Å². The van der Waals surface area contributed by atoms with Gasteiger partial charge in [-0.3, -0.25) is 4.79 Å². The average Bonchev–Trinajstić information content (AvgIpc) is 2.22. The maximum atomic E-state index is 11.6. The summed E-state index contributed by atoms with van der Waals surface area (Å²) in [6.45, 7) is 1.12. The zero-order chi connectivity index (χ0) is 10.7. The Labute approximate surface area is 94.2 Å². The van der Waals surface area contributed by atoms with Gasteiger partial charge in [0.25, 0.3) is 0 Å². The molecule has 2 nitrogen and oxygen atoms in total. The Balaban J connectivity index is 2.04. The quantitative estimate of drug-likeness (QED) is 0.772. The SMILES string of the molecule is O=C1CCOC[C@@H]1Cc1cccc(Cl)c1. The third kappa shape index (κ3) is 2.80. The first-order valence-electron chi connectivity index (χ1n) is 5.10. The van der Waals surface area contributed by atoms with Crippen LogP contribution in [-0.4, -0.2) is 19.0 Å². The van der Waals surface area contributed by atoms with Gasteiger partial charge in [-0.25, -0.2) is 0 Å². The average molecular weight is 225 g/mol. The van der Waals surface area contributed by atoms with Crippen molar-refractivity contribution >= 4 is 17.4 Å². The van der Waals surface area contributed by atoms with Crippen LogP contribution in [0.15, 0.2) is 24.3 Å². The Bertz CT molecular complexity index is 362. The lowest BCUT2D eigenvalue weighted by molar-refractivity contribution is -0.130. The number of carbonyl (C=O) groups excluding carboxylic acids is 1. The predicted octanol–water partition coefficient (Wildman–Crippen LogP) is 2.49. The topological polar surface area (TPSA) is 26.3 Å². The molecule has 1 fully saturated rings. The van der Waals surface area contributed by atoms with E-state index in [0.29, 0.717) is 25.4 Å². The molecule has 0 aliphatic carbocycles. The second kappa shape index (κ2) is 4.77. The number of rotatable bonds is 2. The van der Waals surface area contributed by atoms with E-state index in [1.165, 1.54) is 0 Å². The first-order chi connectivity index (χ1) is 7.25. The van der Waals surface area contributed by atoms with E-state index in [0.717, 1.165) is 17.0 Å². The standard InChI is InChI=1S/C12H13ClO2/c13-11-3-1-2-9(7-11)6-10-8-15-5-4-12(10)14/h1-3,7,10H,4-6,8H2/t10-/m0/s1. The Morgan fingerprint density at radius 1 is 1.47 bits per heavy atom. The molecule has 3 heteroatoms. The van der Waals surface area contributed by atoms with E-state index in [4.69, 9.17) is 16.3 Å². The molecule has 2 rings (SSSR count). The van der Waals surface area contributed by atoms with Crippen molar-refractivity contribution in [3.05, 3.63) is 34.9 Å². The fourth-order valence-corrected chi connectivity index (χ4v) is 2.03. The minimum Gasteiger partial charge on any atom is -0.380 e. The summed E-state index contributed by atoms with van der Waals surface area (Å²) < 4.78 is 5.30. The van der Waals surface area contributed by atoms with Crippen LogP contribution < -0.4 is 0 Å². The van der Waals surface area contributed by atoms with Crippen LogP contribution >= 0.6 is 11.6 Å². The second-order valence-electron chi connectivity index (χ2n) is 3.82. The van der Waals surface area contributed by atoms with Gasteiger partial charge >= 0.3 is 0 Å². The van der Waals surface area contributed by atoms with Crippen LogP contribution in [0, 0.1) is 5.92 Å². The number of ether oxygens (including phenoxy) is 1. The Kier molecular flexibility index (Phi) is 3.39. The number of halogens is 1. The molecule has 1 aliphatic rings. The Morgan fingerprint density at radius 3 is 3.07 bits per heavy atom. The van der Waals surface area contributed by atoms with Crippen LogP contribution in [-0.2, 0) is 16.0 Å². The maximum Gasteiger partial charge on any atom is 0.140 e. The molecule has 1 aliphatic heterocycles. The third-order valence-electron chi connectivity index (χ3n) is 2.64. The highest BCUT2D eigenvalue weighted by Crippen LogP contribution is 2.18. The number of ketones is 1. The second-order valence-corrected chi connectivity index (χ2v) is 4.26. The molecular formula is C12H13ClO2. The molecule has 80 valence electrons. The van der Waals surface area contributed by atoms with Gasteiger partial charge < -0.3 is 4.74 Å². The molecule has 0 saturated carbocycles. The molecule has 0 bridgehead atoms. The number of benzene rings is 1. The molecule has 0 aromatic heterocycles. The van der Waals surface area contributed by atoms with Crippen LogP contribution in [0.3, 0.4) is 0 Å². The largest absolute Gasteiger partial charge is 0.380 e. The van der Waals surface area contributed by atoms with E-state index in [1.54, 1.807) is 0 Å². The minimum atomic E-state index is 0.0113. The van der Waals surface area contributed by atoms with E-state index >= 15 is 0 Å². The molecule has 0 spiro atoms. The monoisotopic (exact) mass is 224 g/mol. The van der Waals surface area contributed by atoms with Gasteiger partial charge in [-0.15, -0.1) is 0 Å². The number of Topliss-reactive ketones (excluding diaryl/α,β-unsaturated/α-hetero) is 1. The van der Waals surface area contributed by atoms with Crippen molar-refractivity contribution < 1.29 is 9.53 Å². The summed E-state index contributed by atoms with van der Waals surface area (Å²) in [5.74, 6) is 0.318. The lowest BCUT2D eigenvalue weighted by atomic mass is 9.93. The normalized spacial score (nSPS) is 21.7. The zero-order valence-corrected chi connectivity index (χ0v) is 9.17. The molecule has 0 radical (unpaired) electrons. The van der Waals surface area contributed by atoms with Crippen molar-refractivity contribution in [2.75, 3.05) is 13.2 Å². The van der Waals surface area contributed by atoms with Crippen molar-refractivity contribution in [2.45, 2.75) is 12.8 Å². The molecule has 1 atom stereocenters. The fraction of sp³-hybridized carbons (Fsp3) is 0.417. The van der Waals surface area contributed by atoms with Gasteiger partial charge in [0.2, 0.25) is 0 Å². The highest BCUT2D eigenvalue weighted by atomic mass is 35.5. The fourth-order valence-electron chi connectivity index (χ4n) is 1.82. The van der Waals surface area contributed by atoms with Crippen LogP contribution in [0.4, 0.5) is 0 Å². The van der Waals surface area contributed by atoms with E-state index < -0.39 is 0 Å². The lowest BCUT2D eigenvalue weighted by Crippen LogP contribution is -2.29. The number of hydrogen-bond acceptors (Lipinski definition) is 2. The molecule has 1 saturated heterocycles. The summed E-state index contributed by atoms with van der Waals surface area (Å²) in [4.78, 5) is 11.6. The van der Waals surface area contributed by atoms with Gasteiger partial charge in [0, 0.05) is 17.4 Å². The smallest absolute Gasteiger partial charge is 0.140 e. The van der Waals surface area contributed by atoms with Crippen LogP contribution in [0.1, 0.15) is 12.0 Å². The molecule has 0 amide bonds. The van der Waals surface area contributed by atoms with Gasteiger partial charge in [0.15, 0.2) is 0 Å². The molecule has 1 heterocycles. The van der Waals surface area contributed by atoms with Crippen molar-refractivity contribution in [2.24, 2.45) is 5.92 Å². The summed E-state index contributed by atoms with van der Waals surface area (Å²) in [7, 11) is 0. The van der Waals surface area contributed by atoms with Crippen molar-refractivity contribution in [1.29, 1.82) is 0 Å². The molecule has 1 aromatic carbocycles. The minimum absolute atomic E-state index is 0.0113. The van der Waals surface area contributed by atoms with E-state index in [-0.39, 0.29) is 5.92 Å². The van der Waals surface area contributed by atoms with Crippen molar-refractivity contribution in [1.82, 2.24) is 0 Å². The molecule has 0 N–H and O–H groups in total. The van der Waals surface area contributed by atoms with Gasteiger partial charge in [-0.05, 0) is 24.1 Å². The van der Waals surface area contributed by atoms with Gasteiger partial charge in [-0.2, -0.15) is 0 Å². The maximum absolute atomic E-state index is 11.6. The predicted molar refractivity (Wildman–Crippen MR) is 59.1 cm³/mol. The number of carbonyl (C=O) groups is 1. The molecule has 1 aromatic rings. The first-order valence-corrected chi connectivity index (χ1v) is 5.48. The highest BCUT2D eigenvalue weighted by molar-refractivity contribution is 6.30. The molecular weight excluding hydrogens is 212 g/mol. The van der Waals surface area contributed by atoms with Crippen LogP contribution in [0.2, 0.25) is 5.02 Å². The zero-order valence-electron chi connectivity index (χ0n) is 8.41. The summed E-state index contributed by atoms with van der Waals surface area (Å²) in [5.41, 5.74) is 1.10. The van der Waals surface area contributed by atoms with Crippen molar-refractivity contribution in [3.63, 3.8) is 0 Å². The Morgan fingerprint density at radius 2 is 2.33 bits per heavy atom. The van der Waals surface area contributed by atoms with Gasteiger partial charge in [0.05, 0.1) is 13.2 Å². The Hall–Kier alpha value is -0.860. The summed E-state index contributed by atoms with van der Waals surface area (Å²) in [6.07, 6.45) is 1.28. The summed E-state index contributed by atoms with van der Waals surface area (Å²) in [5, 5.41) is 0.719. The van der Waals surface area contributed by atoms with E-state index in [9.17, 15) is 4.79 Å². The summed E-state index contributed by atoms with van der Waals surface area (Å²) in [6, 6.07) is 7.65. The first kappa shape index (κ1) is 10.7. The molecule has 0 unspecified atom stereocenters. The highest BCUT2D eigenvalue weighted by Gasteiger charge is 2.22. The van der Waals surface area contributed by atoms with Crippen molar-refractivity contribution in [3.8, 4) is 0 Å². The lowest BCUT2D eigenvalue weighted by Gasteiger charge is -2.20. The molecule has 15 heavy (non-hydrogen) atoms. The van der Waals surface area contributed by atoms with E-state index in [2.05, 4.69) is 0 Å².